The third-order valence-electron chi connectivity index (χ3n) is 3.77. The molecule has 0 aliphatic rings. The Hall–Kier alpha value is -3.08. The number of rotatable bonds is 7. The van der Waals surface area contributed by atoms with E-state index in [4.69, 9.17) is 24.7 Å². The van der Waals surface area contributed by atoms with Gasteiger partial charge in [0.25, 0.3) is 0 Å². The number of methoxy groups -OCH3 is 4. The summed E-state index contributed by atoms with van der Waals surface area (Å²) in [7, 11) is 6.33. The lowest BCUT2D eigenvalue weighted by atomic mass is 10.0. The van der Waals surface area contributed by atoms with Gasteiger partial charge in [-0.2, -0.15) is 0 Å². The molecule has 0 aromatic heterocycles. The van der Waals surface area contributed by atoms with Crippen molar-refractivity contribution >= 4 is 17.3 Å². The zero-order chi connectivity index (χ0) is 18.4. The zero-order valence-electron chi connectivity index (χ0n) is 15.0. The van der Waals surface area contributed by atoms with Gasteiger partial charge in [0.05, 0.1) is 34.1 Å². The highest BCUT2D eigenvalue weighted by Gasteiger charge is 2.13. The molecule has 0 bridgehead atoms. The summed E-state index contributed by atoms with van der Waals surface area (Å²) in [6.07, 6.45) is 3.84. The van der Waals surface area contributed by atoms with Crippen LogP contribution in [0.1, 0.15) is 11.1 Å². The maximum atomic E-state index is 5.93. The summed E-state index contributed by atoms with van der Waals surface area (Å²) in [6, 6.07) is 9.32. The highest BCUT2D eigenvalue weighted by Crippen LogP contribution is 2.39. The monoisotopic (exact) mass is 341 g/mol. The molecule has 0 saturated carbocycles. The molecule has 0 aliphatic heterocycles. The molecule has 5 nitrogen and oxygen atoms in total. The molecule has 0 unspecified atom stereocenters. The molecule has 0 atom stereocenters. The number of nitrogens with two attached hydrogens (primary N) is 1. The van der Waals surface area contributed by atoms with Gasteiger partial charge in [-0.1, -0.05) is 24.8 Å². The van der Waals surface area contributed by atoms with Crippen molar-refractivity contribution < 1.29 is 18.9 Å². The summed E-state index contributed by atoms with van der Waals surface area (Å²) in [6.45, 7) is 4.11. The van der Waals surface area contributed by atoms with Crippen LogP contribution in [0.4, 0.5) is 5.69 Å². The minimum absolute atomic E-state index is 0.549. The van der Waals surface area contributed by atoms with Crippen molar-refractivity contribution in [3.05, 3.63) is 54.1 Å². The molecule has 0 radical (unpaired) electrons. The van der Waals surface area contributed by atoms with Gasteiger partial charge in [0.1, 0.15) is 5.75 Å². The van der Waals surface area contributed by atoms with Gasteiger partial charge in [-0.25, -0.2) is 0 Å². The molecule has 2 N–H and O–H groups in total. The molecular weight excluding hydrogens is 318 g/mol. The van der Waals surface area contributed by atoms with Crippen LogP contribution in [0, 0.1) is 0 Å². The van der Waals surface area contributed by atoms with E-state index < -0.39 is 0 Å². The minimum atomic E-state index is 0.549. The van der Waals surface area contributed by atoms with E-state index in [1.807, 2.05) is 42.5 Å². The van der Waals surface area contributed by atoms with Crippen LogP contribution in [0.15, 0.2) is 43.0 Å². The maximum absolute atomic E-state index is 5.93. The third kappa shape index (κ3) is 4.07. The molecule has 0 amide bonds. The average molecular weight is 341 g/mol. The Morgan fingerprint density at radius 2 is 1.48 bits per heavy atom. The van der Waals surface area contributed by atoms with Crippen molar-refractivity contribution in [2.45, 2.75) is 0 Å². The van der Waals surface area contributed by atoms with E-state index in [0.717, 1.165) is 16.7 Å². The second kappa shape index (κ2) is 8.15. The lowest BCUT2D eigenvalue weighted by Gasteiger charge is -2.14. The van der Waals surface area contributed by atoms with Crippen LogP contribution in [0.5, 0.6) is 23.0 Å². The highest BCUT2D eigenvalue weighted by molar-refractivity contribution is 5.80. The Labute approximate surface area is 148 Å². The smallest absolute Gasteiger partial charge is 0.203 e. The third-order valence-corrected chi connectivity index (χ3v) is 3.77. The van der Waals surface area contributed by atoms with Crippen LogP contribution in [0.25, 0.3) is 11.6 Å². The Balaban J connectivity index is 2.30. The molecule has 2 rings (SSSR count). The first-order chi connectivity index (χ1) is 12.0. The van der Waals surface area contributed by atoms with Gasteiger partial charge < -0.3 is 24.7 Å². The molecule has 5 heteroatoms. The Bertz CT molecular complexity index is 771. The molecule has 0 saturated heterocycles. The molecular formula is C20H23NO4. The van der Waals surface area contributed by atoms with Crippen LogP contribution in [0.3, 0.4) is 0 Å². The number of nitrogen functional groups attached to an aromatic ring is 1. The molecule has 0 spiro atoms. The zero-order valence-corrected chi connectivity index (χ0v) is 15.0. The summed E-state index contributed by atoms with van der Waals surface area (Å²) >= 11 is 0. The van der Waals surface area contributed by atoms with Gasteiger partial charge in [-0.3, -0.25) is 0 Å². The average Bonchev–Trinajstić information content (AvgIpc) is 2.64. The van der Waals surface area contributed by atoms with E-state index in [2.05, 4.69) is 6.58 Å². The van der Waals surface area contributed by atoms with Crippen molar-refractivity contribution in [2.75, 3.05) is 34.2 Å². The second-order valence-electron chi connectivity index (χ2n) is 5.27. The minimum Gasteiger partial charge on any atom is -0.495 e. The van der Waals surface area contributed by atoms with Crippen LogP contribution in [0.2, 0.25) is 0 Å². The number of anilines is 1. The fourth-order valence-corrected chi connectivity index (χ4v) is 2.42. The van der Waals surface area contributed by atoms with E-state index in [9.17, 15) is 0 Å². The number of allylic oxidation sites excluding steroid dienone is 2. The fourth-order valence-electron chi connectivity index (χ4n) is 2.42. The van der Waals surface area contributed by atoms with Gasteiger partial charge in [0, 0.05) is 0 Å². The van der Waals surface area contributed by atoms with Gasteiger partial charge >= 0.3 is 0 Å². The van der Waals surface area contributed by atoms with Gasteiger partial charge in [-0.05, 0) is 41.0 Å². The standard InChI is InChI=1S/C20H23NO4/c1-13(6-7-14-8-9-17(22-2)16(21)10-14)15-11-18(23-3)20(25-5)19(12-15)24-4/h6-12H,1,21H2,2-5H3/b7-6+. The van der Waals surface area contributed by atoms with E-state index in [0.29, 0.717) is 28.7 Å². The number of benzene rings is 2. The Morgan fingerprint density at radius 1 is 0.880 bits per heavy atom. The first kappa shape index (κ1) is 18.3. The Morgan fingerprint density at radius 3 is 1.96 bits per heavy atom. The molecule has 0 heterocycles. The number of hydrogen-bond donors (Lipinski definition) is 1. The van der Waals surface area contributed by atoms with Crippen LogP contribution < -0.4 is 24.7 Å². The van der Waals surface area contributed by atoms with Crippen molar-refractivity contribution in [2.24, 2.45) is 0 Å². The molecule has 2 aromatic rings. The van der Waals surface area contributed by atoms with Gasteiger partial charge in [0.15, 0.2) is 11.5 Å². The van der Waals surface area contributed by atoms with E-state index >= 15 is 0 Å². The fraction of sp³-hybridized carbons (Fsp3) is 0.200. The van der Waals surface area contributed by atoms with Gasteiger partial charge in [-0.15, -0.1) is 0 Å². The van der Waals surface area contributed by atoms with E-state index in [1.165, 1.54) is 0 Å². The van der Waals surface area contributed by atoms with Crippen molar-refractivity contribution in [3.63, 3.8) is 0 Å². The van der Waals surface area contributed by atoms with Crippen molar-refractivity contribution in [3.8, 4) is 23.0 Å². The summed E-state index contributed by atoms with van der Waals surface area (Å²) in [5, 5.41) is 0. The van der Waals surface area contributed by atoms with Crippen LogP contribution in [-0.2, 0) is 0 Å². The molecule has 0 fully saturated rings. The SMILES string of the molecule is C=C(/C=C/c1ccc(OC)c(N)c1)c1cc(OC)c(OC)c(OC)c1. The van der Waals surface area contributed by atoms with E-state index in [-0.39, 0.29) is 0 Å². The maximum Gasteiger partial charge on any atom is 0.203 e. The first-order valence-corrected chi connectivity index (χ1v) is 7.65. The Kier molecular flexibility index (Phi) is 5.95. The van der Waals surface area contributed by atoms with Crippen molar-refractivity contribution in [1.82, 2.24) is 0 Å². The molecule has 25 heavy (non-hydrogen) atoms. The predicted octanol–water partition coefficient (Wildman–Crippen LogP) is 4.03. The largest absolute Gasteiger partial charge is 0.495 e. The summed E-state index contributed by atoms with van der Waals surface area (Å²) in [4.78, 5) is 0. The normalized spacial score (nSPS) is 10.6. The topological polar surface area (TPSA) is 62.9 Å². The first-order valence-electron chi connectivity index (χ1n) is 7.65. The summed E-state index contributed by atoms with van der Waals surface area (Å²) < 4.78 is 21.2. The quantitative estimate of drug-likeness (QED) is 0.608. The molecule has 132 valence electrons. The highest BCUT2D eigenvalue weighted by atomic mass is 16.5. The molecule has 0 aliphatic carbocycles. The van der Waals surface area contributed by atoms with Crippen LogP contribution in [-0.4, -0.2) is 28.4 Å². The summed E-state index contributed by atoms with van der Waals surface area (Å²) in [5.41, 5.74) is 9.13. The molecule has 2 aromatic carbocycles. The predicted molar refractivity (Wildman–Crippen MR) is 102 cm³/mol. The second-order valence-corrected chi connectivity index (χ2v) is 5.27. The summed E-state index contributed by atoms with van der Waals surface area (Å²) in [5.74, 6) is 2.37. The number of ether oxygens (including phenoxy) is 4. The lowest BCUT2D eigenvalue weighted by Crippen LogP contribution is -1.96. The van der Waals surface area contributed by atoms with Crippen LogP contribution >= 0.6 is 0 Å². The van der Waals surface area contributed by atoms with Crippen molar-refractivity contribution in [1.29, 1.82) is 0 Å². The lowest BCUT2D eigenvalue weighted by molar-refractivity contribution is 0.324. The number of hydrogen-bond acceptors (Lipinski definition) is 5. The van der Waals surface area contributed by atoms with E-state index in [1.54, 1.807) is 28.4 Å². The van der Waals surface area contributed by atoms with Gasteiger partial charge in [0.2, 0.25) is 5.75 Å².